The van der Waals surface area contributed by atoms with Crippen molar-refractivity contribution in [1.82, 2.24) is 0 Å². The van der Waals surface area contributed by atoms with Crippen LogP contribution in [0.1, 0.15) is 26.3 Å². The molecule has 104 valence electrons. The van der Waals surface area contributed by atoms with Gasteiger partial charge >= 0.3 is 6.09 Å². The molecule has 0 fully saturated rings. The Morgan fingerprint density at radius 3 is 2.58 bits per heavy atom. The number of halogens is 2. The van der Waals surface area contributed by atoms with Crippen LogP contribution in [-0.4, -0.2) is 11.7 Å². The number of amides is 1. The number of carbonyl (C=O) groups excluding carboxylic acids is 1. The highest BCUT2D eigenvalue weighted by molar-refractivity contribution is 6.35. The summed E-state index contributed by atoms with van der Waals surface area (Å²) in [4.78, 5) is 11.8. The lowest BCUT2D eigenvalue weighted by atomic mass is 10.1. The lowest BCUT2D eigenvalue weighted by Gasteiger charge is -2.20. The zero-order chi connectivity index (χ0) is 14.6. The molecule has 0 unspecified atom stereocenters. The van der Waals surface area contributed by atoms with Gasteiger partial charge in [-0.2, -0.15) is 0 Å². The van der Waals surface area contributed by atoms with E-state index in [0.717, 1.165) is 5.56 Å². The lowest BCUT2D eigenvalue weighted by molar-refractivity contribution is 0.0636. The Morgan fingerprint density at radius 1 is 1.42 bits per heavy atom. The van der Waals surface area contributed by atoms with E-state index in [9.17, 15) is 4.79 Å². The van der Waals surface area contributed by atoms with Crippen LogP contribution in [0.5, 0.6) is 0 Å². The minimum absolute atomic E-state index is 0.448. The fraction of sp³-hybridized carbons (Fsp3) is 0.357. The first-order valence-electron chi connectivity index (χ1n) is 5.82. The molecule has 0 heterocycles. The molecule has 0 aliphatic carbocycles. The SMILES string of the molecule is C=CCc1c(Cl)cc(Cl)cc1NC(=O)OC(C)(C)C. The fourth-order valence-corrected chi connectivity index (χ4v) is 2.05. The topological polar surface area (TPSA) is 38.3 Å². The lowest BCUT2D eigenvalue weighted by Crippen LogP contribution is -2.27. The van der Waals surface area contributed by atoms with Gasteiger partial charge in [0.1, 0.15) is 5.60 Å². The molecule has 1 amide bonds. The number of hydrogen-bond donors (Lipinski definition) is 1. The first kappa shape index (κ1) is 15.9. The van der Waals surface area contributed by atoms with Crippen LogP contribution in [0.2, 0.25) is 10.0 Å². The Morgan fingerprint density at radius 2 is 2.05 bits per heavy atom. The van der Waals surface area contributed by atoms with E-state index in [1.807, 2.05) is 0 Å². The number of ether oxygens (including phenoxy) is 1. The zero-order valence-electron chi connectivity index (χ0n) is 11.2. The molecule has 3 nitrogen and oxygen atoms in total. The largest absolute Gasteiger partial charge is 0.444 e. The number of hydrogen-bond acceptors (Lipinski definition) is 2. The van der Waals surface area contributed by atoms with Gasteiger partial charge in [0, 0.05) is 10.0 Å². The Labute approximate surface area is 123 Å². The van der Waals surface area contributed by atoms with Crippen LogP contribution >= 0.6 is 23.2 Å². The van der Waals surface area contributed by atoms with Gasteiger partial charge in [-0.15, -0.1) is 6.58 Å². The predicted molar refractivity (Wildman–Crippen MR) is 80.2 cm³/mol. The Bertz CT molecular complexity index is 493. The van der Waals surface area contributed by atoms with Crippen molar-refractivity contribution in [3.63, 3.8) is 0 Å². The minimum atomic E-state index is -0.564. The molecule has 0 atom stereocenters. The van der Waals surface area contributed by atoms with Crippen molar-refractivity contribution >= 4 is 35.0 Å². The van der Waals surface area contributed by atoms with Gasteiger partial charge < -0.3 is 4.74 Å². The Hall–Kier alpha value is -1.19. The Kier molecular flexibility index (Phi) is 5.27. The van der Waals surface area contributed by atoms with Gasteiger partial charge in [0.05, 0.1) is 5.69 Å². The van der Waals surface area contributed by atoms with Gasteiger partial charge in [-0.05, 0) is 44.9 Å². The van der Waals surface area contributed by atoms with Crippen molar-refractivity contribution < 1.29 is 9.53 Å². The molecule has 1 rings (SSSR count). The van der Waals surface area contributed by atoms with Crippen LogP contribution < -0.4 is 5.32 Å². The van der Waals surface area contributed by atoms with Gasteiger partial charge in [-0.25, -0.2) is 4.79 Å². The third-order valence-corrected chi connectivity index (χ3v) is 2.70. The minimum Gasteiger partial charge on any atom is -0.444 e. The number of carbonyl (C=O) groups is 1. The molecule has 1 aromatic carbocycles. The molecule has 1 aromatic rings. The number of allylic oxidation sites excluding steroid dienone is 1. The van der Waals surface area contributed by atoms with Crippen molar-refractivity contribution in [2.75, 3.05) is 5.32 Å². The number of rotatable bonds is 3. The third-order valence-electron chi connectivity index (χ3n) is 2.14. The molecule has 5 heteroatoms. The van der Waals surface area contributed by atoms with Crippen LogP contribution in [-0.2, 0) is 11.2 Å². The van der Waals surface area contributed by atoms with E-state index in [0.29, 0.717) is 22.2 Å². The first-order chi connectivity index (χ1) is 8.73. The number of nitrogens with one attached hydrogen (secondary N) is 1. The highest BCUT2D eigenvalue weighted by atomic mass is 35.5. The molecule has 19 heavy (non-hydrogen) atoms. The maximum absolute atomic E-state index is 11.8. The zero-order valence-corrected chi connectivity index (χ0v) is 12.7. The predicted octanol–water partition coefficient (Wildman–Crippen LogP) is 5.07. The maximum atomic E-state index is 11.8. The third kappa shape index (κ3) is 5.13. The highest BCUT2D eigenvalue weighted by Gasteiger charge is 2.18. The van der Waals surface area contributed by atoms with E-state index in [1.54, 1.807) is 39.0 Å². The van der Waals surface area contributed by atoms with E-state index in [1.165, 1.54) is 0 Å². The van der Waals surface area contributed by atoms with Gasteiger partial charge in [-0.1, -0.05) is 29.3 Å². The first-order valence-corrected chi connectivity index (χ1v) is 6.57. The molecule has 0 saturated carbocycles. The number of anilines is 1. The molecule has 0 spiro atoms. The van der Waals surface area contributed by atoms with E-state index in [2.05, 4.69) is 11.9 Å². The molecule has 0 aromatic heterocycles. The molecule has 0 saturated heterocycles. The molecule has 0 aliphatic rings. The van der Waals surface area contributed by atoms with Gasteiger partial charge in [0.2, 0.25) is 0 Å². The van der Waals surface area contributed by atoms with Crippen molar-refractivity contribution in [3.05, 3.63) is 40.4 Å². The molecular formula is C14H17Cl2NO2. The van der Waals surface area contributed by atoms with Gasteiger partial charge in [-0.3, -0.25) is 5.32 Å². The molecular weight excluding hydrogens is 285 g/mol. The summed E-state index contributed by atoms with van der Waals surface area (Å²) in [7, 11) is 0. The summed E-state index contributed by atoms with van der Waals surface area (Å²) >= 11 is 12.0. The van der Waals surface area contributed by atoms with Crippen molar-refractivity contribution in [3.8, 4) is 0 Å². The van der Waals surface area contributed by atoms with Crippen LogP contribution in [0.15, 0.2) is 24.8 Å². The molecule has 0 aliphatic heterocycles. The summed E-state index contributed by atoms with van der Waals surface area (Å²) in [6.45, 7) is 9.05. The average Bonchev–Trinajstić information content (AvgIpc) is 2.20. The molecule has 1 N–H and O–H groups in total. The number of benzene rings is 1. The van der Waals surface area contributed by atoms with Gasteiger partial charge in [0.25, 0.3) is 0 Å². The monoisotopic (exact) mass is 301 g/mol. The smallest absolute Gasteiger partial charge is 0.412 e. The standard InChI is InChI=1S/C14H17Cl2NO2/c1-5-6-10-11(16)7-9(15)8-12(10)17-13(18)19-14(2,3)4/h5,7-8H,1,6H2,2-4H3,(H,17,18). The van der Waals surface area contributed by atoms with Gasteiger partial charge in [0.15, 0.2) is 0 Å². The molecule has 0 radical (unpaired) electrons. The summed E-state index contributed by atoms with van der Waals surface area (Å²) < 4.78 is 5.19. The summed E-state index contributed by atoms with van der Waals surface area (Å²) in [5.41, 5.74) is 0.726. The van der Waals surface area contributed by atoms with E-state index in [-0.39, 0.29) is 0 Å². The second-order valence-corrected chi connectivity index (χ2v) is 5.88. The van der Waals surface area contributed by atoms with Crippen LogP contribution in [0.25, 0.3) is 0 Å². The second kappa shape index (κ2) is 6.31. The summed E-state index contributed by atoms with van der Waals surface area (Å²) in [5.74, 6) is 0. The summed E-state index contributed by atoms with van der Waals surface area (Å²) in [6.07, 6.45) is 1.69. The quantitative estimate of drug-likeness (QED) is 0.792. The van der Waals surface area contributed by atoms with E-state index >= 15 is 0 Å². The average molecular weight is 302 g/mol. The van der Waals surface area contributed by atoms with Crippen molar-refractivity contribution in [2.24, 2.45) is 0 Å². The van der Waals surface area contributed by atoms with E-state index < -0.39 is 11.7 Å². The summed E-state index contributed by atoms with van der Waals surface area (Å²) in [5, 5.41) is 3.59. The van der Waals surface area contributed by atoms with Crippen LogP contribution in [0.4, 0.5) is 10.5 Å². The van der Waals surface area contributed by atoms with Crippen molar-refractivity contribution in [1.29, 1.82) is 0 Å². The molecule has 0 bridgehead atoms. The Balaban J connectivity index is 2.99. The van der Waals surface area contributed by atoms with Crippen LogP contribution in [0.3, 0.4) is 0 Å². The fourth-order valence-electron chi connectivity index (χ4n) is 1.48. The second-order valence-electron chi connectivity index (χ2n) is 5.03. The maximum Gasteiger partial charge on any atom is 0.412 e. The highest BCUT2D eigenvalue weighted by Crippen LogP contribution is 2.30. The summed E-state index contributed by atoms with van der Waals surface area (Å²) in [6, 6.07) is 3.26. The van der Waals surface area contributed by atoms with E-state index in [4.69, 9.17) is 27.9 Å². The van der Waals surface area contributed by atoms with Crippen LogP contribution in [0, 0.1) is 0 Å². The normalized spacial score (nSPS) is 11.0. The van der Waals surface area contributed by atoms with Crippen molar-refractivity contribution in [2.45, 2.75) is 32.8 Å².